The molecule has 6 nitrogen and oxygen atoms in total. The first-order chi connectivity index (χ1) is 12.3. The Kier molecular flexibility index (Phi) is 7.59. The molecule has 0 aliphatic rings. The number of carbonyl (C=O) groups excluding carboxylic acids is 1. The molecule has 0 spiro atoms. The summed E-state index contributed by atoms with van der Waals surface area (Å²) in [6.45, 7) is 1.09. The van der Waals surface area contributed by atoms with E-state index in [4.69, 9.17) is 21.5 Å². The van der Waals surface area contributed by atoms with Gasteiger partial charge in [0.25, 0.3) is 5.91 Å². The number of hydroxylamine groups is 1. The smallest absolute Gasteiger partial charge is 0.277 e. The summed E-state index contributed by atoms with van der Waals surface area (Å²) < 4.78 is 14.9. The van der Waals surface area contributed by atoms with Crippen molar-refractivity contribution in [3.8, 4) is 0 Å². The SMILES string of the molecule is Cc1cc(I)ccc1Nc1cc(F)c(Cl)cc1C(=O)NOCC(O)CO. The van der Waals surface area contributed by atoms with Gasteiger partial charge < -0.3 is 15.5 Å². The number of rotatable bonds is 7. The molecule has 1 atom stereocenters. The fourth-order valence-corrected chi connectivity index (χ4v) is 2.87. The van der Waals surface area contributed by atoms with Crippen LogP contribution in [0.3, 0.4) is 0 Å². The molecule has 0 aromatic heterocycles. The minimum atomic E-state index is -1.13. The van der Waals surface area contributed by atoms with E-state index in [1.807, 2.05) is 25.1 Å². The number of anilines is 2. The largest absolute Gasteiger partial charge is 0.394 e. The number of aliphatic hydroxyl groups excluding tert-OH is 2. The number of hydrogen-bond acceptors (Lipinski definition) is 5. The lowest BCUT2D eigenvalue weighted by molar-refractivity contribution is -0.0295. The summed E-state index contributed by atoms with van der Waals surface area (Å²) in [6, 6.07) is 7.94. The topological polar surface area (TPSA) is 90.8 Å². The third kappa shape index (κ3) is 5.52. The Morgan fingerprint density at radius 3 is 2.73 bits per heavy atom. The Morgan fingerprint density at radius 1 is 1.35 bits per heavy atom. The Labute approximate surface area is 168 Å². The van der Waals surface area contributed by atoms with Gasteiger partial charge in [-0.25, -0.2) is 9.87 Å². The van der Waals surface area contributed by atoms with Gasteiger partial charge in [-0.05, 0) is 65.4 Å². The van der Waals surface area contributed by atoms with E-state index in [-0.39, 0.29) is 22.9 Å². The summed E-state index contributed by atoms with van der Waals surface area (Å²) >= 11 is 7.97. The van der Waals surface area contributed by atoms with Gasteiger partial charge in [-0.1, -0.05) is 11.6 Å². The van der Waals surface area contributed by atoms with Crippen LogP contribution in [0.4, 0.5) is 15.8 Å². The average molecular weight is 495 g/mol. The molecule has 0 heterocycles. The van der Waals surface area contributed by atoms with Crippen LogP contribution in [-0.2, 0) is 4.84 Å². The highest BCUT2D eigenvalue weighted by Crippen LogP contribution is 2.29. The lowest BCUT2D eigenvalue weighted by Gasteiger charge is -2.15. The number of nitrogens with one attached hydrogen (secondary N) is 2. The molecule has 26 heavy (non-hydrogen) atoms. The van der Waals surface area contributed by atoms with E-state index in [0.717, 1.165) is 15.2 Å². The number of aryl methyl sites for hydroxylation is 1. The first-order valence-corrected chi connectivity index (χ1v) is 9.00. The number of halogens is 3. The molecule has 0 fully saturated rings. The van der Waals surface area contributed by atoms with Crippen LogP contribution < -0.4 is 10.8 Å². The Hall–Kier alpha value is -1.46. The molecule has 0 aliphatic carbocycles. The van der Waals surface area contributed by atoms with Gasteiger partial charge in [0.2, 0.25) is 0 Å². The van der Waals surface area contributed by atoms with Crippen LogP contribution in [0.2, 0.25) is 5.02 Å². The minimum absolute atomic E-state index is 0.0628. The molecule has 9 heteroatoms. The molecule has 0 aliphatic heterocycles. The van der Waals surface area contributed by atoms with Gasteiger partial charge in [0.1, 0.15) is 18.5 Å². The van der Waals surface area contributed by atoms with Gasteiger partial charge in [0, 0.05) is 9.26 Å². The highest BCUT2D eigenvalue weighted by atomic mass is 127. The van der Waals surface area contributed by atoms with Crippen molar-refractivity contribution in [3.05, 3.63) is 55.9 Å². The van der Waals surface area contributed by atoms with Crippen molar-refractivity contribution in [2.45, 2.75) is 13.0 Å². The molecule has 140 valence electrons. The Morgan fingerprint density at radius 2 is 2.08 bits per heavy atom. The van der Waals surface area contributed by atoms with E-state index in [9.17, 15) is 14.3 Å². The molecular weight excluding hydrogens is 478 g/mol. The van der Waals surface area contributed by atoms with Crippen LogP contribution in [-0.4, -0.2) is 35.4 Å². The summed E-state index contributed by atoms with van der Waals surface area (Å²) in [5, 5.41) is 20.7. The number of benzene rings is 2. The van der Waals surface area contributed by atoms with Gasteiger partial charge in [-0.3, -0.25) is 9.63 Å². The van der Waals surface area contributed by atoms with Crippen LogP contribution >= 0.6 is 34.2 Å². The molecule has 2 aromatic rings. The number of amides is 1. The summed E-state index contributed by atoms with van der Waals surface area (Å²) in [4.78, 5) is 17.2. The molecule has 0 saturated heterocycles. The highest BCUT2D eigenvalue weighted by Gasteiger charge is 2.17. The molecule has 0 saturated carbocycles. The van der Waals surface area contributed by atoms with Gasteiger partial charge >= 0.3 is 0 Å². The second-order valence-electron chi connectivity index (χ2n) is 5.47. The van der Waals surface area contributed by atoms with E-state index < -0.39 is 24.4 Å². The van der Waals surface area contributed by atoms with Gasteiger partial charge in [-0.15, -0.1) is 0 Å². The predicted molar refractivity (Wildman–Crippen MR) is 105 cm³/mol. The third-order valence-electron chi connectivity index (χ3n) is 3.41. The number of aliphatic hydroxyl groups is 2. The molecule has 0 radical (unpaired) electrons. The summed E-state index contributed by atoms with van der Waals surface area (Å²) in [5.74, 6) is -1.35. The van der Waals surface area contributed by atoms with E-state index >= 15 is 0 Å². The number of carbonyl (C=O) groups is 1. The van der Waals surface area contributed by atoms with Crippen molar-refractivity contribution in [1.29, 1.82) is 0 Å². The third-order valence-corrected chi connectivity index (χ3v) is 4.37. The van der Waals surface area contributed by atoms with E-state index in [2.05, 4.69) is 33.4 Å². The highest BCUT2D eigenvalue weighted by molar-refractivity contribution is 14.1. The monoisotopic (exact) mass is 494 g/mol. The molecule has 4 N–H and O–H groups in total. The van der Waals surface area contributed by atoms with Crippen LogP contribution in [0.25, 0.3) is 0 Å². The lowest BCUT2D eigenvalue weighted by Crippen LogP contribution is -2.30. The maximum atomic E-state index is 13.9. The van der Waals surface area contributed by atoms with Crippen molar-refractivity contribution >= 4 is 51.5 Å². The van der Waals surface area contributed by atoms with Crippen molar-refractivity contribution in [1.82, 2.24) is 5.48 Å². The van der Waals surface area contributed by atoms with E-state index in [1.54, 1.807) is 0 Å². The van der Waals surface area contributed by atoms with Crippen molar-refractivity contribution < 1.29 is 24.2 Å². The average Bonchev–Trinajstić information content (AvgIpc) is 2.59. The van der Waals surface area contributed by atoms with Crippen LogP contribution in [0.1, 0.15) is 15.9 Å². The summed E-state index contributed by atoms with van der Waals surface area (Å²) in [6.07, 6.45) is -1.13. The zero-order chi connectivity index (χ0) is 19.3. The Bertz CT molecular complexity index is 807. The van der Waals surface area contributed by atoms with Gasteiger partial charge in [0.15, 0.2) is 0 Å². The number of hydrogen-bond donors (Lipinski definition) is 4. The van der Waals surface area contributed by atoms with Crippen LogP contribution in [0.5, 0.6) is 0 Å². The van der Waals surface area contributed by atoms with Gasteiger partial charge in [-0.2, -0.15) is 0 Å². The fraction of sp³-hybridized carbons (Fsp3) is 0.235. The zero-order valence-corrected chi connectivity index (χ0v) is 16.6. The predicted octanol–water partition coefficient (Wildman–Crippen LogP) is 3.15. The van der Waals surface area contributed by atoms with Crippen molar-refractivity contribution in [3.63, 3.8) is 0 Å². The van der Waals surface area contributed by atoms with E-state index in [0.29, 0.717) is 5.69 Å². The Balaban J connectivity index is 2.25. The first kappa shape index (κ1) is 20.8. The van der Waals surface area contributed by atoms with Crippen LogP contribution in [0, 0.1) is 16.3 Å². The standard InChI is InChI=1S/C17H17ClFIN2O4/c1-9-4-10(20)2-3-15(9)21-16-6-14(19)13(18)5-12(16)17(25)22-26-8-11(24)7-23/h2-6,11,21,23-24H,7-8H2,1H3,(H,22,25). The molecule has 0 bridgehead atoms. The van der Waals surface area contributed by atoms with Gasteiger partial charge in [0.05, 0.1) is 22.9 Å². The van der Waals surface area contributed by atoms with Crippen LogP contribution in [0.15, 0.2) is 30.3 Å². The summed E-state index contributed by atoms with van der Waals surface area (Å²) in [5.41, 5.74) is 4.02. The molecule has 2 aromatic carbocycles. The zero-order valence-electron chi connectivity index (χ0n) is 13.7. The maximum Gasteiger partial charge on any atom is 0.277 e. The van der Waals surface area contributed by atoms with Crippen molar-refractivity contribution in [2.24, 2.45) is 0 Å². The molecule has 1 amide bonds. The second kappa shape index (κ2) is 9.47. The second-order valence-corrected chi connectivity index (χ2v) is 7.13. The lowest BCUT2D eigenvalue weighted by atomic mass is 10.1. The van der Waals surface area contributed by atoms with E-state index in [1.165, 1.54) is 6.07 Å². The summed E-state index contributed by atoms with van der Waals surface area (Å²) in [7, 11) is 0. The van der Waals surface area contributed by atoms with Crippen molar-refractivity contribution in [2.75, 3.05) is 18.5 Å². The molecule has 2 rings (SSSR count). The quantitative estimate of drug-likeness (QED) is 0.351. The fourth-order valence-electron chi connectivity index (χ4n) is 2.06. The maximum absolute atomic E-state index is 13.9. The normalized spacial score (nSPS) is 11.9. The minimum Gasteiger partial charge on any atom is -0.394 e. The molecule has 1 unspecified atom stereocenters. The first-order valence-electron chi connectivity index (χ1n) is 7.55. The molecular formula is C17H17ClFIN2O4.